The fraction of sp³-hybridized carbons (Fsp3) is 0.571. The molecule has 1 N–H and O–H groups in total. The molecule has 1 aromatic heterocycles. The molecule has 2 aromatic rings. The van der Waals surface area contributed by atoms with Crippen molar-refractivity contribution < 1.29 is 22.7 Å². The quantitative estimate of drug-likeness (QED) is 0.584. The molecule has 200 valence electrons. The third-order valence-electron chi connectivity index (χ3n) is 8.19. The van der Waals surface area contributed by atoms with Gasteiger partial charge in [0, 0.05) is 37.7 Å². The number of carbonyl (C=O) groups is 1. The molecular weight excluding hydrogens is 490 g/mol. The molecule has 8 nitrogen and oxygen atoms in total. The number of hydrogen-bond donors (Lipinski definition) is 1. The maximum Gasteiger partial charge on any atom is 0.410 e. The van der Waals surface area contributed by atoms with E-state index in [0.717, 1.165) is 36.1 Å². The molecule has 3 aliphatic rings. The summed E-state index contributed by atoms with van der Waals surface area (Å²) in [6.45, 7) is 6.56. The minimum Gasteiger partial charge on any atom is -0.449 e. The number of carbonyl (C=O) groups excluding carboxylic acids is 1. The van der Waals surface area contributed by atoms with Crippen LogP contribution in [0.25, 0.3) is 0 Å². The van der Waals surface area contributed by atoms with Crippen molar-refractivity contribution in [1.82, 2.24) is 15.2 Å². The molecule has 1 saturated carbocycles. The largest absolute Gasteiger partial charge is 0.449 e. The molecule has 37 heavy (non-hydrogen) atoms. The van der Waals surface area contributed by atoms with Crippen LogP contribution in [-0.4, -0.2) is 62.2 Å². The summed E-state index contributed by atoms with van der Waals surface area (Å²) in [6, 6.07) is 11.7. The number of amides is 1. The van der Waals surface area contributed by atoms with Crippen LogP contribution >= 0.6 is 0 Å². The Kier molecular flexibility index (Phi) is 7.83. The Hall–Kier alpha value is -2.49. The molecule has 3 fully saturated rings. The average Bonchev–Trinajstić information content (AvgIpc) is 3.48. The first kappa shape index (κ1) is 26.1. The van der Waals surface area contributed by atoms with Crippen molar-refractivity contribution in [3.8, 4) is 0 Å². The first-order chi connectivity index (χ1) is 17.8. The number of aryl methyl sites for hydroxylation is 2. The maximum atomic E-state index is 13.7. The molecule has 3 heterocycles. The molecule has 1 amide bonds. The molecule has 0 bridgehead atoms. The average molecular weight is 528 g/mol. The number of rotatable bonds is 7. The highest BCUT2D eigenvalue weighted by Gasteiger charge is 2.51. The Bertz CT molecular complexity index is 1200. The lowest BCUT2D eigenvalue weighted by Crippen LogP contribution is -2.42. The van der Waals surface area contributed by atoms with Crippen LogP contribution < -0.4 is 5.32 Å². The van der Waals surface area contributed by atoms with E-state index in [9.17, 15) is 13.2 Å². The normalized spacial score (nSPS) is 26.1. The summed E-state index contributed by atoms with van der Waals surface area (Å²) in [5.41, 5.74) is 2.55. The van der Waals surface area contributed by atoms with Gasteiger partial charge in [0.05, 0.1) is 11.5 Å². The third kappa shape index (κ3) is 5.68. The van der Waals surface area contributed by atoms with Crippen molar-refractivity contribution >= 4 is 15.9 Å². The Morgan fingerprint density at radius 1 is 1.16 bits per heavy atom. The van der Waals surface area contributed by atoms with Gasteiger partial charge in [-0.3, -0.25) is 4.98 Å². The summed E-state index contributed by atoms with van der Waals surface area (Å²) in [5, 5.41) is 2.61. The van der Waals surface area contributed by atoms with E-state index in [1.54, 1.807) is 0 Å². The van der Waals surface area contributed by atoms with Crippen LogP contribution in [0, 0.1) is 31.6 Å². The SMILES string of the molecule is Cc1cc(C)c(S(=O)(=O)[C@@H]2NC[C@H]3C[C@H](N(Cc4ccccc4)C(=O)OCC4CCOCC4)C[C@@H]32)cn1. The number of pyridine rings is 1. The predicted molar refractivity (Wildman–Crippen MR) is 140 cm³/mol. The lowest BCUT2D eigenvalue weighted by molar-refractivity contribution is 0.0242. The van der Waals surface area contributed by atoms with Crippen molar-refractivity contribution in [2.24, 2.45) is 17.8 Å². The van der Waals surface area contributed by atoms with Crippen LogP contribution in [0.15, 0.2) is 47.5 Å². The van der Waals surface area contributed by atoms with Crippen LogP contribution in [0.1, 0.15) is 42.5 Å². The van der Waals surface area contributed by atoms with Gasteiger partial charge >= 0.3 is 6.09 Å². The zero-order valence-corrected chi connectivity index (χ0v) is 22.5. The van der Waals surface area contributed by atoms with E-state index < -0.39 is 15.2 Å². The molecule has 2 aliphatic heterocycles. The van der Waals surface area contributed by atoms with Gasteiger partial charge in [-0.25, -0.2) is 13.2 Å². The molecule has 9 heteroatoms. The summed E-state index contributed by atoms with van der Waals surface area (Å²) < 4.78 is 38.6. The zero-order valence-electron chi connectivity index (χ0n) is 21.6. The van der Waals surface area contributed by atoms with Crippen molar-refractivity contribution in [2.45, 2.75) is 62.4 Å². The summed E-state index contributed by atoms with van der Waals surface area (Å²) in [5.74, 6) is 0.437. The number of nitrogens with one attached hydrogen (secondary N) is 1. The van der Waals surface area contributed by atoms with Gasteiger partial charge in [0.2, 0.25) is 0 Å². The van der Waals surface area contributed by atoms with E-state index >= 15 is 0 Å². The van der Waals surface area contributed by atoms with Gasteiger partial charge < -0.3 is 19.7 Å². The number of nitrogens with zero attached hydrogens (tertiary/aromatic N) is 2. The number of fused-ring (bicyclic) bond motifs is 1. The lowest BCUT2D eigenvalue weighted by atomic mass is 10.0. The number of hydrogen-bond acceptors (Lipinski definition) is 7. The second-order valence-corrected chi connectivity index (χ2v) is 12.8. The standard InChI is InChI=1S/C28H37N3O5S/c1-19-12-20(2)29-16-26(19)37(33,34)27-25-14-24(13-23(25)15-30-27)31(17-21-6-4-3-5-7-21)28(32)36-18-22-8-10-35-11-9-22/h3-7,12,16,22-25,27,30H,8-11,13-15,17-18H2,1-2H3/t23-,24+,25+,27+/m1/s1. The van der Waals surface area contributed by atoms with Gasteiger partial charge in [-0.15, -0.1) is 0 Å². The van der Waals surface area contributed by atoms with Crippen molar-refractivity contribution in [1.29, 1.82) is 0 Å². The number of sulfone groups is 1. The Labute approximate surface area is 219 Å². The minimum absolute atomic E-state index is 0.0720. The highest BCUT2D eigenvalue weighted by Crippen LogP contribution is 2.43. The molecule has 4 atom stereocenters. The molecular formula is C28H37N3O5S. The summed E-state index contributed by atoms with van der Waals surface area (Å²) in [7, 11) is -3.61. The van der Waals surface area contributed by atoms with Gasteiger partial charge in [-0.2, -0.15) is 0 Å². The fourth-order valence-electron chi connectivity index (χ4n) is 6.17. The number of ether oxygens (including phenoxy) is 2. The fourth-order valence-corrected chi connectivity index (χ4v) is 8.26. The Balaban J connectivity index is 1.33. The highest BCUT2D eigenvalue weighted by molar-refractivity contribution is 7.92. The van der Waals surface area contributed by atoms with E-state index in [1.165, 1.54) is 6.20 Å². The van der Waals surface area contributed by atoms with E-state index in [4.69, 9.17) is 9.47 Å². The Morgan fingerprint density at radius 3 is 2.65 bits per heavy atom. The topological polar surface area (TPSA) is 97.8 Å². The summed E-state index contributed by atoms with van der Waals surface area (Å²) >= 11 is 0. The van der Waals surface area contributed by atoms with Crippen LogP contribution in [0.4, 0.5) is 4.79 Å². The molecule has 0 unspecified atom stereocenters. The molecule has 1 aromatic carbocycles. The second kappa shape index (κ2) is 11.1. The van der Waals surface area contributed by atoms with E-state index in [0.29, 0.717) is 45.2 Å². The maximum absolute atomic E-state index is 13.7. The minimum atomic E-state index is -3.61. The highest BCUT2D eigenvalue weighted by atomic mass is 32.2. The van der Waals surface area contributed by atoms with Crippen LogP contribution in [-0.2, 0) is 25.9 Å². The van der Waals surface area contributed by atoms with Gasteiger partial charge in [-0.1, -0.05) is 30.3 Å². The zero-order chi connectivity index (χ0) is 26.0. The van der Waals surface area contributed by atoms with Crippen molar-refractivity contribution in [2.75, 3.05) is 26.4 Å². The van der Waals surface area contributed by atoms with Crippen LogP contribution in [0.2, 0.25) is 0 Å². The number of benzene rings is 1. The molecule has 0 spiro atoms. The third-order valence-corrected chi connectivity index (χ3v) is 10.4. The first-order valence-corrected chi connectivity index (χ1v) is 14.8. The molecule has 2 saturated heterocycles. The monoisotopic (exact) mass is 527 g/mol. The molecule has 5 rings (SSSR count). The van der Waals surface area contributed by atoms with E-state index in [-0.39, 0.29) is 28.9 Å². The summed E-state index contributed by atoms with van der Waals surface area (Å²) in [6.07, 6.45) is 4.35. The van der Waals surface area contributed by atoms with Gasteiger partial charge in [-0.05, 0) is 81.0 Å². The Morgan fingerprint density at radius 2 is 1.92 bits per heavy atom. The predicted octanol–water partition coefficient (Wildman–Crippen LogP) is 3.86. The second-order valence-electron chi connectivity index (χ2n) is 10.8. The van der Waals surface area contributed by atoms with E-state index in [1.807, 2.05) is 55.1 Å². The van der Waals surface area contributed by atoms with Gasteiger partial charge in [0.1, 0.15) is 5.37 Å². The van der Waals surface area contributed by atoms with E-state index in [2.05, 4.69) is 10.3 Å². The number of aromatic nitrogens is 1. The van der Waals surface area contributed by atoms with Crippen molar-refractivity contribution in [3.05, 3.63) is 59.4 Å². The van der Waals surface area contributed by atoms with Gasteiger partial charge in [0.25, 0.3) is 0 Å². The molecule has 0 radical (unpaired) electrons. The molecule has 1 aliphatic carbocycles. The first-order valence-electron chi connectivity index (χ1n) is 13.3. The van der Waals surface area contributed by atoms with Crippen molar-refractivity contribution in [3.63, 3.8) is 0 Å². The van der Waals surface area contributed by atoms with Gasteiger partial charge in [0.15, 0.2) is 9.84 Å². The van der Waals surface area contributed by atoms with Crippen LogP contribution in [0.3, 0.4) is 0 Å². The van der Waals surface area contributed by atoms with Crippen LogP contribution in [0.5, 0.6) is 0 Å². The smallest absolute Gasteiger partial charge is 0.410 e. The lowest BCUT2D eigenvalue weighted by Gasteiger charge is -2.31. The summed E-state index contributed by atoms with van der Waals surface area (Å²) in [4.78, 5) is 19.8.